The van der Waals surface area contributed by atoms with Gasteiger partial charge in [-0.25, -0.2) is 0 Å². The summed E-state index contributed by atoms with van der Waals surface area (Å²) in [6.45, 7) is 1.81. The molecule has 0 aliphatic rings. The van der Waals surface area contributed by atoms with Crippen molar-refractivity contribution in [3.8, 4) is 0 Å². The molecule has 0 saturated carbocycles. The highest BCUT2D eigenvalue weighted by molar-refractivity contribution is 7.11. The Morgan fingerprint density at radius 3 is 2.74 bits per heavy atom. The molecule has 23 heavy (non-hydrogen) atoms. The van der Waals surface area contributed by atoms with Gasteiger partial charge in [0.1, 0.15) is 0 Å². The van der Waals surface area contributed by atoms with Crippen molar-refractivity contribution >= 4 is 58.1 Å². The number of rotatable bonds is 5. The standard InChI is InChI=1S/C16H14Cl2N2O2S/c1-10-6-7-23-14(10)4-5-15(21)19-9-16(22)20-13-8-11(17)2-3-12(13)18/h2-8H,9H2,1H3,(H,19,21)(H,20,22)/b5-4+. The Morgan fingerprint density at radius 2 is 2.04 bits per heavy atom. The summed E-state index contributed by atoms with van der Waals surface area (Å²) in [4.78, 5) is 24.5. The molecule has 0 aliphatic heterocycles. The number of aryl methyl sites for hydroxylation is 1. The van der Waals surface area contributed by atoms with Crippen LogP contribution in [0.4, 0.5) is 5.69 Å². The number of amides is 2. The Bertz CT molecular complexity index is 756. The molecular formula is C16H14Cl2N2O2S. The van der Waals surface area contributed by atoms with Crippen molar-refractivity contribution in [3.63, 3.8) is 0 Å². The van der Waals surface area contributed by atoms with Gasteiger partial charge in [-0.1, -0.05) is 23.2 Å². The maximum atomic E-state index is 11.8. The van der Waals surface area contributed by atoms with Crippen LogP contribution in [0.25, 0.3) is 6.08 Å². The fraction of sp³-hybridized carbons (Fsp3) is 0.125. The van der Waals surface area contributed by atoms with Gasteiger partial charge in [0.25, 0.3) is 0 Å². The summed E-state index contributed by atoms with van der Waals surface area (Å²) in [6.07, 6.45) is 3.12. The third kappa shape index (κ3) is 5.39. The second-order valence-corrected chi connectivity index (χ2v) is 6.48. The quantitative estimate of drug-likeness (QED) is 0.779. The summed E-state index contributed by atoms with van der Waals surface area (Å²) in [5.74, 6) is -0.728. The average Bonchev–Trinajstić information content (AvgIpc) is 2.92. The molecule has 4 nitrogen and oxygen atoms in total. The van der Waals surface area contributed by atoms with Crippen molar-refractivity contribution in [1.82, 2.24) is 5.32 Å². The van der Waals surface area contributed by atoms with E-state index in [-0.39, 0.29) is 18.4 Å². The van der Waals surface area contributed by atoms with Crippen molar-refractivity contribution in [2.75, 3.05) is 11.9 Å². The van der Waals surface area contributed by atoms with Crippen molar-refractivity contribution in [1.29, 1.82) is 0 Å². The molecule has 0 radical (unpaired) electrons. The van der Waals surface area contributed by atoms with Crippen molar-refractivity contribution in [2.45, 2.75) is 6.92 Å². The Balaban J connectivity index is 1.84. The smallest absolute Gasteiger partial charge is 0.244 e. The van der Waals surface area contributed by atoms with Crippen LogP contribution in [0, 0.1) is 6.92 Å². The van der Waals surface area contributed by atoms with E-state index in [1.807, 2.05) is 18.4 Å². The number of nitrogens with one attached hydrogen (secondary N) is 2. The van der Waals surface area contributed by atoms with Crippen LogP contribution in [-0.2, 0) is 9.59 Å². The maximum absolute atomic E-state index is 11.8. The highest BCUT2D eigenvalue weighted by atomic mass is 35.5. The van der Waals surface area contributed by atoms with Crippen LogP contribution >= 0.6 is 34.5 Å². The molecule has 1 heterocycles. The minimum Gasteiger partial charge on any atom is -0.343 e. The van der Waals surface area contributed by atoms with Gasteiger partial charge in [-0.15, -0.1) is 11.3 Å². The van der Waals surface area contributed by atoms with Gasteiger partial charge in [0, 0.05) is 16.0 Å². The minimum absolute atomic E-state index is 0.157. The van der Waals surface area contributed by atoms with Crippen LogP contribution in [0.2, 0.25) is 10.0 Å². The van der Waals surface area contributed by atoms with Crippen LogP contribution in [0.15, 0.2) is 35.7 Å². The third-order valence-electron chi connectivity index (χ3n) is 2.91. The number of hydrogen-bond acceptors (Lipinski definition) is 3. The van der Waals surface area contributed by atoms with E-state index in [0.29, 0.717) is 15.7 Å². The largest absolute Gasteiger partial charge is 0.343 e. The molecule has 2 amide bonds. The number of carbonyl (C=O) groups excluding carboxylic acids is 2. The summed E-state index contributed by atoms with van der Waals surface area (Å²) < 4.78 is 0. The van der Waals surface area contributed by atoms with E-state index in [4.69, 9.17) is 23.2 Å². The Kier molecular flexibility index (Phi) is 6.21. The van der Waals surface area contributed by atoms with E-state index < -0.39 is 0 Å². The lowest BCUT2D eigenvalue weighted by atomic mass is 10.3. The Morgan fingerprint density at radius 1 is 1.26 bits per heavy atom. The molecule has 0 fully saturated rings. The molecule has 120 valence electrons. The third-order valence-corrected chi connectivity index (χ3v) is 4.46. The maximum Gasteiger partial charge on any atom is 0.244 e. The second-order valence-electron chi connectivity index (χ2n) is 4.69. The SMILES string of the molecule is Cc1ccsc1/C=C/C(=O)NCC(=O)Nc1cc(Cl)ccc1Cl. The molecule has 0 atom stereocenters. The monoisotopic (exact) mass is 368 g/mol. The summed E-state index contributed by atoms with van der Waals surface area (Å²) >= 11 is 13.3. The molecule has 0 saturated heterocycles. The molecule has 2 aromatic rings. The van der Waals surface area contributed by atoms with E-state index >= 15 is 0 Å². The normalized spacial score (nSPS) is 10.7. The van der Waals surface area contributed by atoms with Crippen molar-refractivity contribution in [2.24, 2.45) is 0 Å². The molecule has 0 spiro atoms. The number of carbonyl (C=O) groups is 2. The van der Waals surface area contributed by atoms with E-state index in [1.165, 1.54) is 6.08 Å². The first-order valence-electron chi connectivity index (χ1n) is 6.70. The van der Waals surface area contributed by atoms with Crippen molar-refractivity contribution in [3.05, 3.63) is 56.2 Å². The summed E-state index contributed by atoms with van der Waals surface area (Å²) in [6, 6.07) is 6.73. The first-order valence-corrected chi connectivity index (χ1v) is 8.34. The zero-order chi connectivity index (χ0) is 16.8. The van der Waals surface area contributed by atoms with E-state index in [9.17, 15) is 9.59 Å². The molecular weight excluding hydrogens is 355 g/mol. The predicted octanol–water partition coefficient (Wildman–Crippen LogP) is 4.13. The molecule has 0 bridgehead atoms. The van der Waals surface area contributed by atoms with E-state index in [1.54, 1.807) is 35.6 Å². The van der Waals surface area contributed by atoms with Crippen LogP contribution in [0.3, 0.4) is 0 Å². The van der Waals surface area contributed by atoms with Gasteiger partial charge in [-0.3, -0.25) is 9.59 Å². The van der Waals surface area contributed by atoms with Gasteiger partial charge in [0.2, 0.25) is 11.8 Å². The van der Waals surface area contributed by atoms with Crippen LogP contribution in [0.5, 0.6) is 0 Å². The zero-order valence-electron chi connectivity index (χ0n) is 12.2. The number of halogens is 2. The lowest BCUT2D eigenvalue weighted by Gasteiger charge is -2.07. The van der Waals surface area contributed by atoms with Gasteiger partial charge in [0.05, 0.1) is 17.3 Å². The number of anilines is 1. The van der Waals surface area contributed by atoms with Gasteiger partial charge < -0.3 is 10.6 Å². The van der Waals surface area contributed by atoms with Crippen molar-refractivity contribution < 1.29 is 9.59 Å². The van der Waals surface area contributed by atoms with Crippen LogP contribution in [-0.4, -0.2) is 18.4 Å². The van der Waals surface area contributed by atoms with Gasteiger partial charge >= 0.3 is 0 Å². The average molecular weight is 369 g/mol. The summed E-state index contributed by atoms with van der Waals surface area (Å²) in [5, 5.41) is 7.89. The molecule has 2 rings (SSSR count). The molecule has 2 N–H and O–H groups in total. The molecule has 0 unspecified atom stereocenters. The first kappa shape index (κ1) is 17.5. The van der Waals surface area contributed by atoms with E-state index in [2.05, 4.69) is 10.6 Å². The number of thiophene rings is 1. The number of benzene rings is 1. The Hall–Kier alpha value is -1.82. The zero-order valence-corrected chi connectivity index (χ0v) is 14.6. The van der Waals surface area contributed by atoms with Gasteiger partial charge in [0.15, 0.2) is 0 Å². The predicted molar refractivity (Wildman–Crippen MR) is 96.2 cm³/mol. The van der Waals surface area contributed by atoms with E-state index in [0.717, 1.165) is 10.4 Å². The second kappa shape index (κ2) is 8.15. The Labute approximate surface area is 148 Å². The molecule has 1 aromatic heterocycles. The molecule has 7 heteroatoms. The molecule has 0 aliphatic carbocycles. The topological polar surface area (TPSA) is 58.2 Å². The first-order chi connectivity index (χ1) is 11.0. The lowest BCUT2D eigenvalue weighted by molar-refractivity contribution is -0.121. The fourth-order valence-electron chi connectivity index (χ4n) is 1.72. The van der Waals surface area contributed by atoms with Crippen LogP contribution < -0.4 is 10.6 Å². The van der Waals surface area contributed by atoms with Gasteiger partial charge in [-0.2, -0.15) is 0 Å². The summed E-state index contributed by atoms with van der Waals surface area (Å²) in [5.41, 5.74) is 1.51. The number of hydrogen-bond donors (Lipinski definition) is 2. The fourth-order valence-corrected chi connectivity index (χ4v) is 2.88. The molecule has 1 aromatic carbocycles. The van der Waals surface area contributed by atoms with Crippen LogP contribution in [0.1, 0.15) is 10.4 Å². The van der Waals surface area contributed by atoms with Gasteiger partial charge in [-0.05, 0) is 48.2 Å². The lowest BCUT2D eigenvalue weighted by Crippen LogP contribution is -2.31. The highest BCUT2D eigenvalue weighted by Crippen LogP contribution is 2.25. The summed E-state index contributed by atoms with van der Waals surface area (Å²) in [7, 11) is 0. The minimum atomic E-state index is -0.386. The highest BCUT2D eigenvalue weighted by Gasteiger charge is 2.07.